The van der Waals surface area contributed by atoms with Crippen LogP contribution in [0.25, 0.3) is 11.0 Å². The van der Waals surface area contributed by atoms with Crippen LogP contribution in [0.1, 0.15) is 39.2 Å². The predicted octanol–water partition coefficient (Wildman–Crippen LogP) is 2.07. The van der Waals surface area contributed by atoms with E-state index in [2.05, 4.69) is 46.8 Å². The Morgan fingerprint density at radius 1 is 1.33 bits per heavy atom. The number of carbonyl (C=O) groups excluding carboxylic acids is 2. The average molecular weight is 374 g/mol. The molecule has 1 aromatic carbocycles. The molecule has 0 spiro atoms. The zero-order valence-electron chi connectivity index (χ0n) is 16.1. The molecule has 0 aliphatic heterocycles. The molecule has 0 bridgehead atoms. The van der Waals surface area contributed by atoms with Crippen LogP contribution in [0.15, 0.2) is 18.2 Å². The number of carbonyl (C=O) groups is 2. The van der Waals surface area contributed by atoms with E-state index in [1.54, 1.807) is 0 Å². The molecular weight excluding hydrogens is 348 g/mol. The minimum Gasteiger partial charge on any atom is -0.286 e. The van der Waals surface area contributed by atoms with Gasteiger partial charge in [0.25, 0.3) is 5.95 Å². The van der Waals surface area contributed by atoms with Gasteiger partial charge >= 0.3 is 0 Å². The van der Waals surface area contributed by atoms with Gasteiger partial charge in [-0.2, -0.15) is 0 Å². The molecule has 9 nitrogen and oxygen atoms in total. The van der Waals surface area contributed by atoms with E-state index in [1.807, 2.05) is 25.1 Å². The number of rotatable bonds is 8. The van der Waals surface area contributed by atoms with Gasteiger partial charge in [0.15, 0.2) is 0 Å². The lowest BCUT2D eigenvalue weighted by Gasteiger charge is -2.24. The molecule has 27 heavy (non-hydrogen) atoms. The Balaban J connectivity index is 2.05. The minimum absolute atomic E-state index is 0.0241. The van der Waals surface area contributed by atoms with E-state index in [-0.39, 0.29) is 30.2 Å². The molecule has 0 fully saturated rings. The van der Waals surface area contributed by atoms with Gasteiger partial charge in [0.1, 0.15) is 5.52 Å². The second-order valence-electron chi connectivity index (χ2n) is 7.72. The van der Waals surface area contributed by atoms with Gasteiger partial charge in [-0.15, -0.1) is 10.2 Å². The zero-order chi connectivity index (χ0) is 20.0. The molecular formula is C18H26N6O3. The highest BCUT2D eigenvalue weighted by Crippen LogP contribution is 2.24. The predicted molar refractivity (Wildman–Crippen MR) is 101 cm³/mol. The Hall–Kier alpha value is -2.81. The number of hydrogen-bond acceptors (Lipinski definition) is 7. The van der Waals surface area contributed by atoms with Crippen molar-refractivity contribution < 1.29 is 14.8 Å². The Kier molecular flexibility index (Phi) is 6.62. The molecule has 2 amide bonds. The summed E-state index contributed by atoms with van der Waals surface area (Å²) in [5.74, 6) is -0.785. The van der Waals surface area contributed by atoms with Crippen molar-refractivity contribution >= 4 is 29.3 Å². The van der Waals surface area contributed by atoms with Crippen LogP contribution in [0, 0.1) is 18.3 Å². The van der Waals surface area contributed by atoms with Crippen molar-refractivity contribution in [1.29, 1.82) is 0 Å². The van der Waals surface area contributed by atoms with Crippen LogP contribution >= 0.6 is 0 Å². The first kappa shape index (κ1) is 20.5. The summed E-state index contributed by atoms with van der Waals surface area (Å²) < 4.78 is 0. The van der Waals surface area contributed by atoms with Crippen LogP contribution in [0.3, 0.4) is 0 Å². The van der Waals surface area contributed by atoms with E-state index in [1.165, 1.54) is 0 Å². The molecule has 0 aliphatic rings. The summed E-state index contributed by atoms with van der Waals surface area (Å²) >= 11 is 0. The van der Waals surface area contributed by atoms with Crippen molar-refractivity contribution in [3.63, 3.8) is 0 Å². The van der Waals surface area contributed by atoms with E-state index in [0.717, 1.165) is 12.0 Å². The molecule has 9 heteroatoms. The molecule has 0 saturated carbocycles. The number of benzene rings is 1. The van der Waals surface area contributed by atoms with Gasteiger partial charge in [-0.1, -0.05) is 32.9 Å². The summed E-state index contributed by atoms with van der Waals surface area (Å²) in [7, 11) is 0. The van der Waals surface area contributed by atoms with Crippen LogP contribution in [0.4, 0.5) is 5.95 Å². The van der Waals surface area contributed by atoms with Gasteiger partial charge in [0.2, 0.25) is 12.3 Å². The second-order valence-corrected chi connectivity index (χ2v) is 7.72. The van der Waals surface area contributed by atoms with E-state index in [4.69, 9.17) is 0 Å². The lowest BCUT2D eigenvalue weighted by atomic mass is 9.86. The van der Waals surface area contributed by atoms with Crippen molar-refractivity contribution in [2.24, 2.45) is 11.3 Å². The molecule has 0 aliphatic carbocycles. The molecule has 0 saturated heterocycles. The molecule has 2 aromatic rings. The molecule has 146 valence electrons. The molecule has 1 aromatic heterocycles. The van der Waals surface area contributed by atoms with Crippen LogP contribution in [-0.2, 0) is 9.59 Å². The van der Waals surface area contributed by atoms with Crippen molar-refractivity contribution in [2.75, 3.05) is 12.0 Å². The number of aromatic nitrogens is 3. The van der Waals surface area contributed by atoms with Crippen molar-refractivity contribution in [3.05, 3.63) is 23.8 Å². The number of hydroxylamine groups is 2. The van der Waals surface area contributed by atoms with E-state index in [9.17, 15) is 14.8 Å². The summed E-state index contributed by atoms with van der Waals surface area (Å²) in [4.78, 5) is 27.6. The van der Waals surface area contributed by atoms with Crippen LogP contribution < -0.4 is 10.9 Å². The average Bonchev–Trinajstić information content (AvgIpc) is 2.62. The zero-order valence-corrected chi connectivity index (χ0v) is 16.1. The standard InChI is InChI=1S/C18H26N6O3/c1-12-6-5-7-14-15(12)19-17(22-20-14)23-21-16(26)13(10-24(27)11-25)8-9-18(2,3)4/h5-7,11,13,27H,8-10H2,1-4H3,(H,21,26)(H,19,22,23)/t13-/m1/s1. The van der Waals surface area contributed by atoms with Gasteiger partial charge in [-0.3, -0.25) is 25.6 Å². The number of anilines is 1. The first-order valence-corrected chi connectivity index (χ1v) is 8.76. The number of aryl methyl sites for hydroxylation is 1. The number of nitrogens with one attached hydrogen (secondary N) is 2. The van der Waals surface area contributed by atoms with Gasteiger partial charge < -0.3 is 0 Å². The van der Waals surface area contributed by atoms with E-state index in [0.29, 0.717) is 22.5 Å². The maximum atomic E-state index is 12.5. The maximum absolute atomic E-state index is 12.5. The molecule has 0 unspecified atom stereocenters. The molecule has 2 rings (SSSR count). The molecule has 1 atom stereocenters. The summed E-state index contributed by atoms with van der Waals surface area (Å²) in [6.45, 7) is 8.01. The summed E-state index contributed by atoms with van der Waals surface area (Å²) in [6, 6.07) is 5.59. The van der Waals surface area contributed by atoms with Crippen LogP contribution in [0.2, 0.25) is 0 Å². The SMILES string of the molecule is Cc1cccc2nnc(NNC(=O)[C@H](CCC(C)(C)C)CN(O)C=O)nc12. The van der Waals surface area contributed by atoms with E-state index < -0.39 is 5.92 Å². The Morgan fingerprint density at radius 2 is 2.07 bits per heavy atom. The topological polar surface area (TPSA) is 120 Å². The number of amides is 2. The van der Waals surface area contributed by atoms with Crippen LogP contribution in [-0.4, -0.2) is 44.3 Å². The highest BCUT2D eigenvalue weighted by atomic mass is 16.5. The van der Waals surface area contributed by atoms with Crippen molar-refractivity contribution in [2.45, 2.75) is 40.5 Å². The monoisotopic (exact) mass is 374 g/mol. The fourth-order valence-corrected chi connectivity index (χ4v) is 2.55. The third-order valence-corrected chi connectivity index (χ3v) is 4.13. The number of hydrazine groups is 1. The highest BCUT2D eigenvalue weighted by Gasteiger charge is 2.23. The van der Waals surface area contributed by atoms with Crippen molar-refractivity contribution in [3.8, 4) is 0 Å². The second kappa shape index (κ2) is 8.72. The number of hydrogen-bond donors (Lipinski definition) is 3. The maximum Gasteiger partial charge on any atom is 0.262 e. The first-order chi connectivity index (χ1) is 12.7. The normalized spacial score (nSPS) is 12.5. The number of nitrogens with zero attached hydrogens (tertiary/aromatic N) is 4. The summed E-state index contributed by atoms with van der Waals surface area (Å²) in [5, 5.41) is 18.0. The molecule has 1 heterocycles. The summed E-state index contributed by atoms with van der Waals surface area (Å²) in [6.07, 6.45) is 1.55. The summed E-state index contributed by atoms with van der Waals surface area (Å²) in [5.41, 5.74) is 7.53. The largest absolute Gasteiger partial charge is 0.286 e. The Bertz CT molecular complexity index is 805. The van der Waals surface area contributed by atoms with Crippen molar-refractivity contribution in [1.82, 2.24) is 25.7 Å². The highest BCUT2D eigenvalue weighted by molar-refractivity contribution is 5.81. The Morgan fingerprint density at radius 3 is 2.74 bits per heavy atom. The fourth-order valence-electron chi connectivity index (χ4n) is 2.55. The molecule has 3 N–H and O–H groups in total. The minimum atomic E-state index is -0.581. The fraction of sp³-hybridized carbons (Fsp3) is 0.500. The number of para-hydroxylation sites is 1. The van der Waals surface area contributed by atoms with Gasteiger partial charge in [0.05, 0.1) is 18.0 Å². The smallest absolute Gasteiger partial charge is 0.262 e. The Labute approximate surface area is 158 Å². The van der Waals surface area contributed by atoms with Gasteiger partial charge in [0, 0.05) is 0 Å². The van der Waals surface area contributed by atoms with Gasteiger partial charge in [-0.05, 0) is 36.8 Å². The first-order valence-electron chi connectivity index (χ1n) is 8.76. The lowest BCUT2D eigenvalue weighted by Crippen LogP contribution is -2.41. The van der Waals surface area contributed by atoms with Gasteiger partial charge in [-0.25, -0.2) is 10.0 Å². The third-order valence-electron chi connectivity index (χ3n) is 4.13. The third kappa shape index (κ3) is 6.14. The number of fused-ring (bicyclic) bond motifs is 1. The lowest BCUT2D eigenvalue weighted by molar-refractivity contribution is -0.154. The molecule has 0 radical (unpaired) electrons. The van der Waals surface area contributed by atoms with E-state index >= 15 is 0 Å². The quantitative estimate of drug-likeness (QED) is 0.367. The van der Waals surface area contributed by atoms with Crippen LogP contribution in [0.5, 0.6) is 0 Å².